The molecule has 2 aromatic rings. The smallest absolute Gasteiger partial charge is 0.222 e. The molecule has 1 fully saturated rings. The Kier molecular flexibility index (Phi) is 1.96. The minimum absolute atomic E-state index is 0.328. The molecule has 0 saturated heterocycles. The predicted molar refractivity (Wildman–Crippen MR) is 65.1 cm³/mol. The molecule has 4 heteroatoms. The van der Waals surface area contributed by atoms with E-state index in [4.69, 9.17) is 5.73 Å². The van der Waals surface area contributed by atoms with Crippen LogP contribution in [0.2, 0.25) is 0 Å². The van der Waals surface area contributed by atoms with E-state index in [-0.39, 0.29) is 0 Å². The SMILES string of the molecule is CC1CC1Nc1nc(N)nc2ccccc12. The van der Waals surface area contributed by atoms with E-state index in [1.165, 1.54) is 6.42 Å². The quantitative estimate of drug-likeness (QED) is 0.802. The predicted octanol–water partition coefficient (Wildman–Crippen LogP) is 2.03. The molecule has 1 aromatic carbocycles. The minimum Gasteiger partial charge on any atom is -0.368 e. The number of aromatic nitrogens is 2. The Morgan fingerprint density at radius 1 is 1.31 bits per heavy atom. The summed E-state index contributed by atoms with van der Waals surface area (Å²) < 4.78 is 0. The number of anilines is 2. The highest BCUT2D eigenvalue weighted by molar-refractivity contribution is 5.90. The van der Waals surface area contributed by atoms with E-state index < -0.39 is 0 Å². The zero-order valence-corrected chi connectivity index (χ0v) is 9.14. The molecule has 0 aliphatic heterocycles. The van der Waals surface area contributed by atoms with Gasteiger partial charge < -0.3 is 11.1 Å². The molecule has 0 radical (unpaired) electrons. The lowest BCUT2D eigenvalue weighted by atomic mass is 10.2. The summed E-state index contributed by atoms with van der Waals surface area (Å²) in [6, 6.07) is 8.46. The highest BCUT2D eigenvalue weighted by Gasteiger charge is 2.33. The van der Waals surface area contributed by atoms with Crippen molar-refractivity contribution in [3.63, 3.8) is 0 Å². The van der Waals surface area contributed by atoms with Gasteiger partial charge in [-0.25, -0.2) is 4.98 Å². The fourth-order valence-corrected chi connectivity index (χ4v) is 1.90. The molecule has 3 N–H and O–H groups in total. The first-order chi connectivity index (χ1) is 7.74. The van der Waals surface area contributed by atoms with Crippen LogP contribution in [0, 0.1) is 5.92 Å². The van der Waals surface area contributed by atoms with Crippen LogP contribution in [0.25, 0.3) is 10.9 Å². The van der Waals surface area contributed by atoms with Gasteiger partial charge in [0.15, 0.2) is 0 Å². The molecule has 3 rings (SSSR count). The van der Waals surface area contributed by atoms with Crippen LogP contribution in [-0.4, -0.2) is 16.0 Å². The van der Waals surface area contributed by atoms with E-state index >= 15 is 0 Å². The van der Waals surface area contributed by atoms with Crippen LogP contribution in [0.1, 0.15) is 13.3 Å². The molecule has 1 aliphatic carbocycles. The summed E-state index contributed by atoms with van der Waals surface area (Å²) in [6.07, 6.45) is 1.21. The molecule has 2 unspecified atom stereocenters. The first-order valence-electron chi connectivity index (χ1n) is 5.53. The van der Waals surface area contributed by atoms with Crippen molar-refractivity contribution >= 4 is 22.7 Å². The molecular formula is C12H14N4. The monoisotopic (exact) mass is 214 g/mol. The van der Waals surface area contributed by atoms with Gasteiger partial charge in [0.1, 0.15) is 5.82 Å². The third kappa shape index (κ3) is 1.56. The van der Waals surface area contributed by atoms with Gasteiger partial charge in [-0.2, -0.15) is 4.98 Å². The molecule has 82 valence electrons. The molecule has 1 aromatic heterocycles. The number of hydrogen-bond acceptors (Lipinski definition) is 4. The first kappa shape index (κ1) is 9.39. The molecule has 16 heavy (non-hydrogen) atoms. The lowest BCUT2D eigenvalue weighted by Gasteiger charge is -2.08. The topological polar surface area (TPSA) is 63.8 Å². The van der Waals surface area contributed by atoms with Gasteiger partial charge in [0.2, 0.25) is 5.95 Å². The standard InChI is InChI=1S/C12H14N4/c1-7-6-10(7)14-11-8-4-2-3-5-9(8)15-12(13)16-11/h2-5,7,10H,6H2,1H3,(H3,13,14,15,16). The Hall–Kier alpha value is -1.84. The van der Waals surface area contributed by atoms with Crippen molar-refractivity contribution in [3.8, 4) is 0 Å². The van der Waals surface area contributed by atoms with Gasteiger partial charge in [-0.1, -0.05) is 19.1 Å². The van der Waals surface area contributed by atoms with Crippen LogP contribution in [0.3, 0.4) is 0 Å². The van der Waals surface area contributed by atoms with Crippen molar-refractivity contribution < 1.29 is 0 Å². The zero-order chi connectivity index (χ0) is 11.1. The van der Waals surface area contributed by atoms with Gasteiger partial charge in [0, 0.05) is 11.4 Å². The summed E-state index contributed by atoms with van der Waals surface area (Å²) in [4.78, 5) is 8.48. The Morgan fingerprint density at radius 2 is 2.06 bits per heavy atom. The largest absolute Gasteiger partial charge is 0.368 e. The molecule has 0 spiro atoms. The summed E-state index contributed by atoms with van der Waals surface area (Å²) in [6.45, 7) is 2.23. The van der Waals surface area contributed by atoms with Crippen molar-refractivity contribution in [1.82, 2.24) is 9.97 Å². The molecule has 2 atom stereocenters. The van der Waals surface area contributed by atoms with Crippen molar-refractivity contribution in [2.24, 2.45) is 5.92 Å². The van der Waals surface area contributed by atoms with Gasteiger partial charge >= 0.3 is 0 Å². The first-order valence-corrected chi connectivity index (χ1v) is 5.53. The molecule has 4 nitrogen and oxygen atoms in total. The highest BCUT2D eigenvalue weighted by Crippen LogP contribution is 2.34. The van der Waals surface area contributed by atoms with Crippen LogP contribution < -0.4 is 11.1 Å². The summed E-state index contributed by atoms with van der Waals surface area (Å²) in [5.74, 6) is 1.92. The van der Waals surface area contributed by atoms with E-state index in [1.807, 2.05) is 24.3 Å². The highest BCUT2D eigenvalue weighted by atomic mass is 15.1. The van der Waals surface area contributed by atoms with Crippen LogP contribution in [0.15, 0.2) is 24.3 Å². The van der Waals surface area contributed by atoms with Crippen molar-refractivity contribution in [2.45, 2.75) is 19.4 Å². The number of hydrogen-bond donors (Lipinski definition) is 2. The van der Waals surface area contributed by atoms with E-state index in [0.717, 1.165) is 22.6 Å². The van der Waals surface area contributed by atoms with Crippen molar-refractivity contribution in [3.05, 3.63) is 24.3 Å². The number of fused-ring (bicyclic) bond motifs is 1. The van der Waals surface area contributed by atoms with E-state index in [0.29, 0.717) is 12.0 Å². The number of benzene rings is 1. The normalized spacial score (nSPS) is 23.3. The molecule has 0 amide bonds. The Bertz CT molecular complexity index is 538. The van der Waals surface area contributed by atoms with E-state index in [2.05, 4.69) is 22.2 Å². The van der Waals surface area contributed by atoms with Crippen LogP contribution >= 0.6 is 0 Å². The van der Waals surface area contributed by atoms with Crippen LogP contribution in [0.4, 0.5) is 11.8 Å². The number of nitrogens with two attached hydrogens (primary N) is 1. The number of rotatable bonds is 2. The molecule has 1 saturated carbocycles. The average molecular weight is 214 g/mol. The van der Waals surface area contributed by atoms with Crippen LogP contribution in [-0.2, 0) is 0 Å². The fraction of sp³-hybridized carbons (Fsp3) is 0.333. The zero-order valence-electron chi connectivity index (χ0n) is 9.14. The number of nitrogens with one attached hydrogen (secondary N) is 1. The van der Waals surface area contributed by atoms with Crippen LogP contribution in [0.5, 0.6) is 0 Å². The second-order valence-corrected chi connectivity index (χ2v) is 4.41. The molecule has 1 heterocycles. The van der Waals surface area contributed by atoms with Gasteiger partial charge in [0.25, 0.3) is 0 Å². The summed E-state index contributed by atoms with van der Waals surface area (Å²) in [5.41, 5.74) is 6.59. The maximum absolute atomic E-state index is 5.69. The number of para-hydroxylation sites is 1. The third-order valence-electron chi connectivity index (χ3n) is 3.05. The molecular weight excluding hydrogens is 200 g/mol. The average Bonchev–Trinajstić information content (AvgIpc) is 2.94. The van der Waals surface area contributed by atoms with Crippen molar-refractivity contribution in [1.29, 1.82) is 0 Å². The maximum Gasteiger partial charge on any atom is 0.222 e. The number of nitrogens with zero attached hydrogens (tertiary/aromatic N) is 2. The van der Waals surface area contributed by atoms with E-state index in [9.17, 15) is 0 Å². The summed E-state index contributed by atoms with van der Waals surface area (Å²) in [7, 11) is 0. The lowest BCUT2D eigenvalue weighted by Crippen LogP contribution is -2.08. The maximum atomic E-state index is 5.69. The van der Waals surface area contributed by atoms with Gasteiger partial charge in [-0.05, 0) is 24.5 Å². The number of nitrogen functional groups attached to an aromatic ring is 1. The molecule has 1 aliphatic rings. The Morgan fingerprint density at radius 3 is 2.81 bits per heavy atom. The second-order valence-electron chi connectivity index (χ2n) is 4.41. The Balaban J connectivity index is 2.07. The third-order valence-corrected chi connectivity index (χ3v) is 3.05. The minimum atomic E-state index is 0.328. The van der Waals surface area contributed by atoms with E-state index in [1.54, 1.807) is 0 Å². The summed E-state index contributed by atoms with van der Waals surface area (Å²) in [5, 5.41) is 4.46. The second kappa shape index (κ2) is 3.33. The lowest BCUT2D eigenvalue weighted by molar-refractivity contribution is 0.925. The summed E-state index contributed by atoms with van der Waals surface area (Å²) >= 11 is 0. The molecule has 0 bridgehead atoms. The van der Waals surface area contributed by atoms with Gasteiger partial charge in [0.05, 0.1) is 5.52 Å². The Labute approximate surface area is 93.9 Å². The van der Waals surface area contributed by atoms with Crippen molar-refractivity contribution in [2.75, 3.05) is 11.1 Å². The fourth-order valence-electron chi connectivity index (χ4n) is 1.90. The van der Waals surface area contributed by atoms with Gasteiger partial charge in [-0.3, -0.25) is 0 Å². The van der Waals surface area contributed by atoms with Gasteiger partial charge in [-0.15, -0.1) is 0 Å².